The average molecular weight is 289 g/mol. The molecule has 0 aliphatic heterocycles. The molecule has 0 saturated carbocycles. The van der Waals surface area contributed by atoms with Gasteiger partial charge in [0.2, 0.25) is 15.8 Å². The summed E-state index contributed by atoms with van der Waals surface area (Å²) >= 11 is 0. The lowest BCUT2D eigenvalue weighted by Gasteiger charge is -2.05. The maximum Gasteiger partial charge on any atom is 0.304 e. The fourth-order valence-corrected chi connectivity index (χ4v) is 2.19. The SMILES string of the molecule is [N-]=[N+]=NCCNS(=O)(=O)c1ccc([N+](=O)[O-])c(F)c1. The van der Waals surface area contributed by atoms with Gasteiger partial charge in [0.25, 0.3) is 0 Å². The molecule has 0 aliphatic carbocycles. The van der Waals surface area contributed by atoms with Crippen molar-refractivity contribution in [3.05, 3.63) is 44.6 Å². The van der Waals surface area contributed by atoms with Crippen molar-refractivity contribution < 1.29 is 17.7 Å². The van der Waals surface area contributed by atoms with E-state index in [1.165, 1.54) is 0 Å². The average Bonchev–Trinajstić information content (AvgIpc) is 2.34. The van der Waals surface area contributed by atoms with Crippen LogP contribution >= 0.6 is 0 Å². The third-order valence-corrected chi connectivity index (χ3v) is 3.45. The maximum atomic E-state index is 13.3. The lowest BCUT2D eigenvalue weighted by atomic mass is 10.3. The number of nitrogens with zero attached hydrogens (tertiary/aromatic N) is 4. The molecular formula is C8H8FN5O4S. The minimum Gasteiger partial charge on any atom is -0.258 e. The van der Waals surface area contributed by atoms with Gasteiger partial charge in [0, 0.05) is 30.1 Å². The van der Waals surface area contributed by atoms with E-state index >= 15 is 0 Å². The number of nitrogens with one attached hydrogen (secondary N) is 1. The Bertz CT molecular complexity index is 641. The van der Waals surface area contributed by atoms with Crippen LogP contribution in [0.25, 0.3) is 10.4 Å². The molecule has 11 heteroatoms. The molecule has 0 atom stereocenters. The summed E-state index contributed by atoms with van der Waals surface area (Å²) in [6.45, 7) is -0.268. The Hall–Kier alpha value is -2.23. The molecule has 1 aromatic rings. The highest BCUT2D eigenvalue weighted by molar-refractivity contribution is 7.89. The molecule has 0 heterocycles. The van der Waals surface area contributed by atoms with Crippen LogP contribution in [0.15, 0.2) is 28.2 Å². The van der Waals surface area contributed by atoms with Gasteiger partial charge in [-0.3, -0.25) is 10.1 Å². The van der Waals surface area contributed by atoms with Crippen LogP contribution in [0.3, 0.4) is 0 Å². The van der Waals surface area contributed by atoms with Crippen LogP contribution in [0.4, 0.5) is 10.1 Å². The zero-order valence-electron chi connectivity index (χ0n) is 9.35. The van der Waals surface area contributed by atoms with Crippen molar-refractivity contribution in [1.29, 1.82) is 0 Å². The lowest BCUT2D eigenvalue weighted by molar-refractivity contribution is -0.387. The molecule has 0 spiro atoms. The highest BCUT2D eigenvalue weighted by atomic mass is 32.2. The maximum absolute atomic E-state index is 13.3. The van der Waals surface area contributed by atoms with Gasteiger partial charge in [-0.05, 0) is 11.6 Å². The van der Waals surface area contributed by atoms with E-state index in [1.807, 2.05) is 0 Å². The molecule has 0 unspecified atom stereocenters. The molecule has 0 radical (unpaired) electrons. The molecule has 19 heavy (non-hydrogen) atoms. The summed E-state index contributed by atoms with van der Waals surface area (Å²) in [4.78, 5) is 11.4. The quantitative estimate of drug-likeness (QED) is 0.211. The summed E-state index contributed by atoms with van der Waals surface area (Å²) < 4.78 is 38.6. The number of sulfonamides is 1. The van der Waals surface area contributed by atoms with Gasteiger partial charge in [-0.1, -0.05) is 5.11 Å². The van der Waals surface area contributed by atoms with Gasteiger partial charge in [0.15, 0.2) is 0 Å². The minimum absolute atomic E-state index is 0.106. The number of nitro benzene ring substituents is 1. The van der Waals surface area contributed by atoms with E-state index in [4.69, 9.17) is 5.53 Å². The zero-order chi connectivity index (χ0) is 14.5. The van der Waals surface area contributed by atoms with E-state index < -0.39 is 31.3 Å². The molecular weight excluding hydrogens is 281 g/mol. The standard InChI is InChI=1S/C8H8FN5O4S/c9-7-5-6(1-2-8(7)14(15)16)19(17,18)12-4-3-11-13-10/h1-2,5,12H,3-4H2. The van der Waals surface area contributed by atoms with Crippen LogP contribution in [-0.4, -0.2) is 26.4 Å². The van der Waals surface area contributed by atoms with Crippen LogP contribution in [0.2, 0.25) is 0 Å². The monoisotopic (exact) mass is 289 g/mol. The van der Waals surface area contributed by atoms with Crippen LogP contribution in [0, 0.1) is 15.9 Å². The normalized spacial score (nSPS) is 10.8. The molecule has 1 aromatic carbocycles. The first-order valence-corrected chi connectivity index (χ1v) is 6.31. The highest BCUT2D eigenvalue weighted by Gasteiger charge is 2.20. The molecule has 0 saturated heterocycles. The smallest absolute Gasteiger partial charge is 0.258 e. The van der Waals surface area contributed by atoms with E-state index in [9.17, 15) is 22.9 Å². The summed E-state index contributed by atoms with van der Waals surface area (Å²) in [5.74, 6) is -1.25. The molecule has 0 aromatic heterocycles. The van der Waals surface area contributed by atoms with Gasteiger partial charge in [0.1, 0.15) is 0 Å². The Morgan fingerprint density at radius 1 is 1.53 bits per heavy atom. The topological polar surface area (TPSA) is 138 Å². The Kier molecular flexibility index (Phi) is 4.75. The van der Waals surface area contributed by atoms with Gasteiger partial charge in [-0.2, -0.15) is 4.39 Å². The summed E-state index contributed by atoms with van der Waals surface area (Å²) in [6.07, 6.45) is 0. The molecule has 0 fully saturated rings. The Morgan fingerprint density at radius 2 is 2.21 bits per heavy atom. The summed E-state index contributed by atoms with van der Waals surface area (Å²) in [6, 6.07) is 2.22. The Balaban J connectivity index is 2.93. The van der Waals surface area contributed by atoms with Crippen molar-refractivity contribution >= 4 is 15.7 Å². The van der Waals surface area contributed by atoms with Crippen molar-refractivity contribution in [2.24, 2.45) is 5.11 Å². The fourth-order valence-electron chi connectivity index (χ4n) is 1.16. The first kappa shape index (κ1) is 14.8. The van der Waals surface area contributed by atoms with Crippen LogP contribution < -0.4 is 4.72 Å². The van der Waals surface area contributed by atoms with E-state index in [1.54, 1.807) is 0 Å². The highest BCUT2D eigenvalue weighted by Crippen LogP contribution is 2.20. The molecule has 0 amide bonds. The number of hydrogen-bond acceptors (Lipinski definition) is 5. The van der Waals surface area contributed by atoms with Crippen LogP contribution in [-0.2, 0) is 10.0 Å². The first-order valence-electron chi connectivity index (χ1n) is 4.83. The molecule has 0 bridgehead atoms. The van der Waals surface area contributed by atoms with Crippen molar-refractivity contribution in [3.63, 3.8) is 0 Å². The molecule has 0 aliphatic rings. The third-order valence-electron chi connectivity index (χ3n) is 1.99. The van der Waals surface area contributed by atoms with Crippen molar-refractivity contribution in [3.8, 4) is 0 Å². The largest absolute Gasteiger partial charge is 0.304 e. The Labute approximate surface area is 106 Å². The number of rotatable bonds is 6. The number of halogens is 1. The minimum atomic E-state index is -4.00. The first-order chi connectivity index (χ1) is 8.88. The summed E-state index contributed by atoms with van der Waals surface area (Å²) in [5.41, 5.74) is 7.19. The van der Waals surface area contributed by atoms with Crippen LogP contribution in [0.1, 0.15) is 0 Å². The second kappa shape index (κ2) is 6.09. The van der Waals surface area contributed by atoms with Gasteiger partial charge < -0.3 is 0 Å². The van der Waals surface area contributed by atoms with Crippen molar-refractivity contribution in [2.45, 2.75) is 4.90 Å². The predicted octanol–water partition coefficient (Wildman–Crippen LogP) is 1.32. The van der Waals surface area contributed by atoms with Gasteiger partial charge in [-0.15, -0.1) is 0 Å². The van der Waals surface area contributed by atoms with Crippen LogP contribution in [0.5, 0.6) is 0 Å². The van der Waals surface area contributed by atoms with Gasteiger partial charge >= 0.3 is 5.69 Å². The number of hydrogen-bond donors (Lipinski definition) is 1. The molecule has 9 nitrogen and oxygen atoms in total. The van der Waals surface area contributed by atoms with Gasteiger partial charge in [-0.25, -0.2) is 13.1 Å². The number of benzene rings is 1. The third kappa shape index (κ3) is 3.88. The van der Waals surface area contributed by atoms with E-state index in [-0.39, 0.29) is 13.1 Å². The van der Waals surface area contributed by atoms with Gasteiger partial charge in [0.05, 0.1) is 9.82 Å². The van der Waals surface area contributed by atoms with E-state index in [0.717, 1.165) is 12.1 Å². The van der Waals surface area contributed by atoms with Crippen molar-refractivity contribution in [2.75, 3.05) is 13.1 Å². The van der Waals surface area contributed by atoms with E-state index in [0.29, 0.717) is 6.07 Å². The van der Waals surface area contributed by atoms with Crippen molar-refractivity contribution in [1.82, 2.24) is 4.72 Å². The summed E-state index contributed by atoms with van der Waals surface area (Å²) in [5, 5.41) is 13.5. The lowest BCUT2D eigenvalue weighted by Crippen LogP contribution is -2.26. The molecule has 1 rings (SSSR count). The summed E-state index contributed by atoms with van der Waals surface area (Å²) in [7, 11) is -4.00. The second-order valence-corrected chi connectivity index (χ2v) is 4.99. The predicted molar refractivity (Wildman–Crippen MR) is 62.3 cm³/mol. The van der Waals surface area contributed by atoms with E-state index in [2.05, 4.69) is 14.7 Å². The fraction of sp³-hybridized carbons (Fsp3) is 0.250. The second-order valence-electron chi connectivity index (χ2n) is 3.22. The number of azide groups is 1. The zero-order valence-corrected chi connectivity index (χ0v) is 10.2. The Morgan fingerprint density at radius 3 is 2.74 bits per heavy atom. The molecule has 1 N–H and O–H groups in total. The molecule has 102 valence electrons. The number of nitro groups is 1.